The average Bonchev–Trinajstić information content (AvgIpc) is 2.46. The van der Waals surface area contributed by atoms with E-state index in [2.05, 4.69) is 0 Å². The monoisotopic (exact) mass is 306 g/mol. The second-order valence-electron chi connectivity index (χ2n) is 4.23. The van der Waals surface area contributed by atoms with Crippen molar-refractivity contribution in [2.75, 3.05) is 7.11 Å². The maximum Gasteiger partial charge on any atom is 0.336 e. The highest BCUT2D eigenvalue weighted by Gasteiger charge is 2.16. The van der Waals surface area contributed by atoms with E-state index in [1.807, 2.05) is 0 Å². The van der Waals surface area contributed by atoms with Gasteiger partial charge < -0.3 is 9.84 Å². The Balaban J connectivity index is 2.63. The lowest BCUT2D eigenvalue weighted by Crippen LogP contribution is -2.02. The van der Waals surface area contributed by atoms with Crippen molar-refractivity contribution < 1.29 is 19.0 Å². The molecule has 0 aliphatic rings. The summed E-state index contributed by atoms with van der Waals surface area (Å²) in [4.78, 5) is 11.5. The molecule has 0 aromatic heterocycles. The predicted octanol–water partition coefficient (Wildman–Crippen LogP) is 4.11. The number of carboxylic acid groups (broad SMARTS) is 1. The number of aliphatic carboxylic acids is 1. The van der Waals surface area contributed by atoms with Gasteiger partial charge in [-0.05, 0) is 30.3 Å². The Labute approximate surface area is 126 Å². The van der Waals surface area contributed by atoms with E-state index in [0.29, 0.717) is 16.3 Å². The zero-order valence-corrected chi connectivity index (χ0v) is 11.9. The van der Waals surface area contributed by atoms with Crippen molar-refractivity contribution in [3.63, 3.8) is 0 Å². The lowest BCUT2D eigenvalue weighted by atomic mass is 10.0. The first-order valence-corrected chi connectivity index (χ1v) is 6.44. The van der Waals surface area contributed by atoms with Crippen LogP contribution >= 0.6 is 11.6 Å². The summed E-state index contributed by atoms with van der Waals surface area (Å²) in [5.74, 6) is -1.35. The highest BCUT2D eigenvalue weighted by atomic mass is 35.5. The second-order valence-corrected chi connectivity index (χ2v) is 4.67. The van der Waals surface area contributed by atoms with Crippen LogP contribution in [0.3, 0.4) is 0 Å². The largest absolute Gasteiger partial charge is 0.496 e. The third kappa shape index (κ3) is 3.41. The molecule has 2 aromatic carbocycles. The van der Waals surface area contributed by atoms with Crippen LogP contribution in [0.1, 0.15) is 11.1 Å². The summed E-state index contributed by atoms with van der Waals surface area (Å²) in [5, 5.41) is 9.77. The maximum atomic E-state index is 13.7. The van der Waals surface area contributed by atoms with Gasteiger partial charge in [0, 0.05) is 16.1 Å². The normalized spacial score (nSPS) is 11.3. The maximum absolute atomic E-state index is 13.7. The summed E-state index contributed by atoms with van der Waals surface area (Å²) in [6.07, 6.45) is 1.26. The van der Waals surface area contributed by atoms with Gasteiger partial charge in [-0.1, -0.05) is 29.8 Å². The molecular formula is C16H12ClFO3. The zero-order valence-electron chi connectivity index (χ0n) is 11.1. The molecule has 21 heavy (non-hydrogen) atoms. The zero-order chi connectivity index (χ0) is 15.4. The third-order valence-electron chi connectivity index (χ3n) is 2.89. The van der Waals surface area contributed by atoms with Crippen LogP contribution in [-0.4, -0.2) is 18.2 Å². The van der Waals surface area contributed by atoms with Crippen LogP contribution in [0.25, 0.3) is 11.6 Å². The van der Waals surface area contributed by atoms with Gasteiger partial charge >= 0.3 is 5.97 Å². The molecule has 5 heteroatoms. The molecule has 1 N–H and O–H groups in total. The van der Waals surface area contributed by atoms with E-state index < -0.39 is 11.8 Å². The Morgan fingerprint density at radius 1 is 1.29 bits per heavy atom. The quantitative estimate of drug-likeness (QED) is 0.683. The molecule has 2 aromatic rings. The fourth-order valence-electron chi connectivity index (χ4n) is 1.89. The lowest BCUT2D eigenvalue weighted by molar-refractivity contribution is -0.130. The van der Waals surface area contributed by atoms with Crippen LogP contribution in [0.4, 0.5) is 4.39 Å². The van der Waals surface area contributed by atoms with E-state index in [1.54, 1.807) is 18.2 Å². The molecule has 0 bridgehead atoms. The second kappa shape index (κ2) is 6.41. The molecular weight excluding hydrogens is 295 g/mol. The number of rotatable bonds is 4. The summed E-state index contributed by atoms with van der Waals surface area (Å²) >= 11 is 5.91. The first-order valence-electron chi connectivity index (χ1n) is 6.06. The fourth-order valence-corrected chi connectivity index (χ4v) is 2.07. The summed E-state index contributed by atoms with van der Waals surface area (Å²) in [5.41, 5.74) is 0.372. The lowest BCUT2D eigenvalue weighted by Gasteiger charge is -2.10. The molecule has 0 saturated heterocycles. The molecule has 0 fully saturated rings. The number of methoxy groups -OCH3 is 1. The summed E-state index contributed by atoms with van der Waals surface area (Å²) in [7, 11) is 1.43. The number of halogens is 2. The predicted molar refractivity (Wildman–Crippen MR) is 79.9 cm³/mol. The van der Waals surface area contributed by atoms with Crippen LogP contribution < -0.4 is 4.74 Å². The van der Waals surface area contributed by atoms with Crippen LogP contribution in [0, 0.1) is 5.82 Å². The van der Waals surface area contributed by atoms with Crippen LogP contribution in [-0.2, 0) is 4.79 Å². The number of benzene rings is 2. The molecule has 108 valence electrons. The van der Waals surface area contributed by atoms with Gasteiger partial charge in [0.2, 0.25) is 0 Å². The van der Waals surface area contributed by atoms with Crippen molar-refractivity contribution in [2.24, 2.45) is 0 Å². The summed E-state index contributed by atoms with van der Waals surface area (Å²) < 4.78 is 18.8. The first-order chi connectivity index (χ1) is 10.0. The van der Waals surface area contributed by atoms with Gasteiger partial charge in [-0.2, -0.15) is 0 Å². The molecule has 0 radical (unpaired) electrons. The van der Waals surface area contributed by atoms with Crippen LogP contribution in [0.15, 0.2) is 42.5 Å². The summed E-state index contributed by atoms with van der Waals surface area (Å²) in [6.45, 7) is 0. The average molecular weight is 307 g/mol. The van der Waals surface area contributed by atoms with Crippen molar-refractivity contribution in [1.29, 1.82) is 0 Å². The van der Waals surface area contributed by atoms with Gasteiger partial charge in [0.25, 0.3) is 0 Å². The fraction of sp³-hybridized carbons (Fsp3) is 0.0625. The smallest absolute Gasteiger partial charge is 0.336 e. The number of hydrogen-bond acceptors (Lipinski definition) is 2. The molecule has 0 amide bonds. The summed E-state index contributed by atoms with van der Waals surface area (Å²) in [6, 6.07) is 10.6. The number of hydrogen-bond donors (Lipinski definition) is 1. The van der Waals surface area contributed by atoms with Crippen molar-refractivity contribution in [3.05, 3.63) is 64.4 Å². The van der Waals surface area contributed by atoms with Gasteiger partial charge in [0.15, 0.2) is 0 Å². The minimum atomic E-state index is -1.20. The Hall–Kier alpha value is -2.33. The van der Waals surface area contributed by atoms with Gasteiger partial charge in [-0.25, -0.2) is 9.18 Å². The topological polar surface area (TPSA) is 46.5 Å². The number of carbonyl (C=O) groups is 1. The van der Waals surface area contributed by atoms with Crippen molar-refractivity contribution in [1.82, 2.24) is 0 Å². The van der Waals surface area contributed by atoms with E-state index >= 15 is 0 Å². The van der Waals surface area contributed by atoms with Gasteiger partial charge in [0.05, 0.1) is 12.7 Å². The minimum Gasteiger partial charge on any atom is -0.496 e. The molecule has 0 atom stereocenters. The van der Waals surface area contributed by atoms with E-state index in [4.69, 9.17) is 16.3 Å². The van der Waals surface area contributed by atoms with Crippen LogP contribution in [0.5, 0.6) is 5.75 Å². The van der Waals surface area contributed by atoms with Crippen molar-refractivity contribution >= 4 is 29.2 Å². The Morgan fingerprint density at radius 2 is 2.00 bits per heavy atom. The highest BCUT2D eigenvalue weighted by molar-refractivity contribution is 6.31. The van der Waals surface area contributed by atoms with Crippen LogP contribution in [0.2, 0.25) is 5.02 Å². The third-order valence-corrected chi connectivity index (χ3v) is 3.12. The van der Waals surface area contributed by atoms with E-state index in [0.717, 1.165) is 0 Å². The molecule has 0 saturated carbocycles. The molecule has 3 nitrogen and oxygen atoms in total. The Kier molecular flexibility index (Phi) is 4.60. The first kappa shape index (κ1) is 15.1. The van der Waals surface area contributed by atoms with Gasteiger partial charge in [-0.15, -0.1) is 0 Å². The SMILES string of the molecule is COc1ccc(Cl)cc1/C(=C/c1ccccc1F)C(=O)O. The van der Waals surface area contributed by atoms with Gasteiger partial charge in [0.1, 0.15) is 11.6 Å². The number of carboxylic acids is 1. The molecule has 0 spiro atoms. The van der Waals surface area contributed by atoms with Crippen molar-refractivity contribution in [3.8, 4) is 5.75 Å². The molecule has 0 aliphatic heterocycles. The molecule has 2 rings (SSSR count). The molecule has 0 aliphatic carbocycles. The minimum absolute atomic E-state index is 0.0977. The number of ether oxygens (including phenoxy) is 1. The molecule has 0 unspecified atom stereocenters. The molecule has 0 heterocycles. The van der Waals surface area contributed by atoms with E-state index in [9.17, 15) is 14.3 Å². The Bertz CT molecular complexity index is 710. The highest BCUT2D eigenvalue weighted by Crippen LogP contribution is 2.31. The van der Waals surface area contributed by atoms with Crippen molar-refractivity contribution in [2.45, 2.75) is 0 Å². The van der Waals surface area contributed by atoms with E-state index in [1.165, 1.54) is 37.5 Å². The van der Waals surface area contributed by atoms with E-state index in [-0.39, 0.29) is 11.1 Å². The van der Waals surface area contributed by atoms with Gasteiger partial charge in [-0.3, -0.25) is 0 Å². The Morgan fingerprint density at radius 3 is 2.62 bits per heavy atom. The standard InChI is InChI=1S/C16H12ClFO3/c1-21-15-7-6-11(17)9-12(15)13(16(19)20)8-10-4-2-3-5-14(10)18/h2-9H,1H3,(H,19,20)/b13-8-.